The Kier molecular flexibility index (Phi) is 3.71. The molecular weight excluding hydrogens is 162 g/mol. The summed E-state index contributed by atoms with van der Waals surface area (Å²) in [6.45, 7) is 4.81. The quantitative estimate of drug-likeness (QED) is 0.737. The van der Waals surface area contributed by atoms with Crippen LogP contribution in [0.3, 0.4) is 0 Å². The summed E-state index contributed by atoms with van der Waals surface area (Å²) >= 11 is 0. The predicted molar refractivity (Wildman–Crippen MR) is 55.7 cm³/mol. The molecule has 0 aliphatic carbocycles. The average molecular weight is 179 g/mol. The van der Waals surface area contributed by atoms with E-state index in [-0.39, 0.29) is 0 Å². The van der Waals surface area contributed by atoms with Gasteiger partial charge in [0.25, 0.3) is 0 Å². The number of aryl methyl sites for hydroxylation is 1. The van der Waals surface area contributed by atoms with Crippen LogP contribution < -0.4 is 11.1 Å². The lowest BCUT2D eigenvalue weighted by Gasteiger charge is -2.15. The van der Waals surface area contributed by atoms with E-state index in [1.54, 1.807) is 6.20 Å². The minimum absolute atomic E-state index is 0.328. The van der Waals surface area contributed by atoms with Crippen LogP contribution in [0, 0.1) is 6.92 Å². The molecule has 0 fully saturated rings. The number of aromatic nitrogens is 1. The van der Waals surface area contributed by atoms with Crippen LogP contribution >= 0.6 is 0 Å². The van der Waals surface area contributed by atoms with Gasteiger partial charge in [-0.15, -0.1) is 0 Å². The molecule has 3 nitrogen and oxygen atoms in total. The van der Waals surface area contributed by atoms with Crippen molar-refractivity contribution >= 4 is 5.82 Å². The van der Waals surface area contributed by atoms with Crippen LogP contribution in [-0.4, -0.2) is 17.6 Å². The maximum absolute atomic E-state index is 5.58. The zero-order valence-corrected chi connectivity index (χ0v) is 8.25. The lowest BCUT2D eigenvalue weighted by molar-refractivity contribution is 0.700. The van der Waals surface area contributed by atoms with Gasteiger partial charge in [0, 0.05) is 18.8 Å². The molecule has 0 radical (unpaired) electrons. The summed E-state index contributed by atoms with van der Waals surface area (Å²) in [6, 6.07) is 4.33. The molecule has 1 aromatic rings. The highest BCUT2D eigenvalue weighted by atomic mass is 15.0. The summed E-state index contributed by atoms with van der Waals surface area (Å²) in [5.74, 6) is 0.914. The minimum atomic E-state index is 0.328. The summed E-state index contributed by atoms with van der Waals surface area (Å²) in [4.78, 5) is 4.21. The van der Waals surface area contributed by atoms with Crippen molar-refractivity contribution in [1.29, 1.82) is 0 Å². The number of nitrogens with one attached hydrogen (secondary N) is 1. The second-order valence-corrected chi connectivity index (χ2v) is 3.20. The van der Waals surface area contributed by atoms with Gasteiger partial charge >= 0.3 is 0 Å². The Hall–Kier alpha value is -1.09. The Morgan fingerprint density at radius 3 is 2.92 bits per heavy atom. The molecule has 0 saturated heterocycles. The maximum Gasteiger partial charge on any atom is 0.126 e. The first-order chi connectivity index (χ1) is 6.26. The Morgan fingerprint density at radius 2 is 2.38 bits per heavy atom. The molecule has 0 aromatic carbocycles. The Morgan fingerprint density at radius 1 is 1.62 bits per heavy atom. The Balaban J connectivity index is 2.62. The fourth-order valence-electron chi connectivity index (χ4n) is 1.15. The van der Waals surface area contributed by atoms with Crippen molar-refractivity contribution < 1.29 is 0 Å². The third-order valence-electron chi connectivity index (χ3n) is 2.04. The number of hydrogen-bond donors (Lipinski definition) is 2. The molecular formula is C10H17N3. The van der Waals surface area contributed by atoms with Gasteiger partial charge in [-0.1, -0.05) is 6.92 Å². The van der Waals surface area contributed by atoms with Crippen LogP contribution in [0.5, 0.6) is 0 Å². The largest absolute Gasteiger partial charge is 0.366 e. The normalized spacial score (nSPS) is 12.5. The van der Waals surface area contributed by atoms with Gasteiger partial charge in [-0.2, -0.15) is 0 Å². The first-order valence-corrected chi connectivity index (χ1v) is 4.65. The number of hydrogen-bond acceptors (Lipinski definition) is 3. The third-order valence-corrected chi connectivity index (χ3v) is 2.04. The highest BCUT2D eigenvalue weighted by Crippen LogP contribution is 2.07. The maximum atomic E-state index is 5.58. The summed E-state index contributed by atoms with van der Waals surface area (Å²) in [5.41, 5.74) is 6.79. The zero-order chi connectivity index (χ0) is 9.68. The molecule has 1 aromatic heterocycles. The fraction of sp³-hybridized carbons (Fsp3) is 0.500. The van der Waals surface area contributed by atoms with Gasteiger partial charge in [-0.05, 0) is 31.0 Å². The Bertz CT molecular complexity index is 256. The molecule has 3 heteroatoms. The van der Waals surface area contributed by atoms with E-state index >= 15 is 0 Å². The van der Waals surface area contributed by atoms with E-state index in [1.807, 2.05) is 12.1 Å². The monoisotopic (exact) mass is 179 g/mol. The van der Waals surface area contributed by atoms with E-state index in [1.165, 1.54) is 5.56 Å². The highest BCUT2D eigenvalue weighted by molar-refractivity contribution is 5.37. The molecule has 1 atom stereocenters. The Labute approximate surface area is 79.4 Å². The molecule has 3 N–H and O–H groups in total. The van der Waals surface area contributed by atoms with Gasteiger partial charge in [0.15, 0.2) is 0 Å². The second-order valence-electron chi connectivity index (χ2n) is 3.20. The van der Waals surface area contributed by atoms with Crippen molar-refractivity contribution in [2.45, 2.75) is 26.3 Å². The highest BCUT2D eigenvalue weighted by Gasteiger charge is 2.03. The van der Waals surface area contributed by atoms with Crippen molar-refractivity contribution in [3.05, 3.63) is 23.9 Å². The van der Waals surface area contributed by atoms with E-state index in [0.717, 1.165) is 12.2 Å². The van der Waals surface area contributed by atoms with E-state index in [9.17, 15) is 0 Å². The molecule has 0 bridgehead atoms. The standard InChI is InChI=1S/C10H17N3/c1-3-9(7-11)13-10-6-8(2)4-5-12-10/h4-6,9H,3,7,11H2,1-2H3,(H,12,13). The van der Waals surface area contributed by atoms with Crippen molar-refractivity contribution in [1.82, 2.24) is 4.98 Å². The summed E-state index contributed by atoms with van der Waals surface area (Å²) in [5, 5.41) is 3.28. The molecule has 0 aliphatic rings. The topological polar surface area (TPSA) is 50.9 Å². The van der Waals surface area contributed by atoms with Gasteiger partial charge in [-0.25, -0.2) is 4.98 Å². The number of nitrogens with two attached hydrogens (primary N) is 1. The molecule has 0 aliphatic heterocycles. The lowest BCUT2D eigenvalue weighted by atomic mass is 10.2. The molecule has 0 saturated carbocycles. The predicted octanol–water partition coefficient (Wildman–Crippen LogP) is 1.54. The van der Waals surface area contributed by atoms with Crippen molar-refractivity contribution in [2.24, 2.45) is 5.73 Å². The summed E-state index contributed by atoms with van der Waals surface area (Å²) < 4.78 is 0. The number of rotatable bonds is 4. The van der Waals surface area contributed by atoms with Gasteiger partial charge in [0.1, 0.15) is 5.82 Å². The second kappa shape index (κ2) is 4.82. The van der Waals surface area contributed by atoms with Crippen LogP contribution in [-0.2, 0) is 0 Å². The smallest absolute Gasteiger partial charge is 0.126 e. The van der Waals surface area contributed by atoms with Crippen molar-refractivity contribution in [3.63, 3.8) is 0 Å². The molecule has 1 unspecified atom stereocenters. The van der Waals surface area contributed by atoms with Gasteiger partial charge in [-0.3, -0.25) is 0 Å². The van der Waals surface area contributed by atoms with Crippen LogP contribution in [0.25, 0.3) is 0 Å². The van der Waals surface area contributed by atoms with Crippen LogP contribution in [0.1, 0.15) is 18.9 Å². The molecule has 0 amide bonds. The summed E-state index contributed by atoms with van der Waals surface area (Å²) in [6.07, 6.45) is 2.83. The van der Waals surface area contributed by atoms with E-state index in [0.29, 0.717) is 12.6 Å². The molecule has 13 heavy (non-hydrogen) atoms. The van der Waals surface area contributed by atoms with Crippen molar-refractivity contribution in [2.75, 3.05) is 11.9 Å². The number of nitrogens with zero attached hydrogens (tertiary/aromatic N) is 1. The summed E-state index contributed by atoms with van der Waals surface area (Å²) in [7, 11) is 0. The number of anilines is 1. The third kappa shape index (κ3) is 3.03. The van der Waals surface area contributed by atoms with Crippen molar-refractivity contribution in [3.8, 4) is 0 Å². The number of pyridine rings is 1. The van der Waals surface area contributed by atoms with Crippen LogP contribution in [0.2, 0.25) is 0 Å². The molecule has 1 heterocycles. The molecule has 72 valence electrons. The average Bonchev–Trinajstić information content (AvgIpc) is 2.14. The fourth-order valence-corrected chi connectivity index (χ4v) is 1.15. The van der Waals surface area contributed by atoms with Gasteiger partial charge < -0.3 is 11.1 Å². The van der Waals surface area contributed by atoms with E-state index < -0.39 is 0 Å². The lowest BCUT2D eigenvalue weighted by Crippen LogP contribution is -2.28. The van der Waals surface area contributed by atoms with E-state index in [2.05, 4.69) is 24.1 Å². The van der Waals surface area contributed by atoms with E-state index in [4.69, 9.17) is 5.73 Å². The zero-order valence-electron chi connectivity index (χ0n) is 8.25. The minimum Gasteiger partial charge on any atom is -0.366 e. The molecule has 0 spiro atoms. The van der Waals surface area contributed by atoms with Crippen LogP contribution in [0.4, 0.5) is 5.82 Å². The van der Waals surface area contributed by atoms with Crippen LogP contribution in [0.15, 0.2) is 18.3 Å². The molecule has 1 rings (SSSR count). The first kappa shape index (κ1) is 9.99. The van der Waals surface area contributed by atoms with Gasteiger partial charge in [0.05, 0.1) is 0 Å². The SMILES string of the molecule is CCC(CN)Nc1cc(C)ccn1. The van der Waals surface area contributed by atoms with Gasteiger partial charge in [0.2, 0.25) is 0 Å². The first-order valence-electron chi connectivity index (χ1n) is 4.65.